The summed E-state index contributed by atoms with van der Waals surface area (Å²) in [6.07, 6.45) is -48.3. The van der Waals surface area contributed by atoms with E-state index in [9.17, 15) is 105 Å². The molecule has 0 aliphatic heterocycles. The first-order chi connectivity index (χ1) is 36.1. The van der Waals surface area contributed by atoms with Crippen LogP contribution in [0.1, 0.15) is 77.9 Å². The second-order valence-electron chi connectivity index (χ2n) is 18.9. The molecule has 0 aliphatic carbocycles. The molecule has 0 fully saturated rings. The molecule has 80 heavy (non-hydrogen) atoms. The summed E-state index contributed by atoms with van der Waals surface area (Å²) in [4.78, 5) is 0. The van der Waals surface area contributed by atoms with Crippen LogP contribution in [0.25, 0.3) is 11.4 Å². The summed E-state index contributed by atoms with van der Waals surface area (Å²) in [6, 6.07) is 0.170. The van der Waals surface area contributed by atoms with Gasteiger partial charge in [0.1, 0.15) is 29.9 Å². The van der Waals surface area contributed by atoms with E-state index in [0.29, 0.717) is 0 Å². The third-order valence-corrected chi connectivity index (χ3v) is 12.9. The van der Waals surface area contributed by atoms with Crippen molar-refractivity contribution in [3.8, 4) is 11.4 Å². The second kappa shape index (κ2) is 20.8. The first kappa shape index (κ1) is 62.1. The molecule has 0 atom stereocenters. The minimum Gasteiger partial charge on any atom is -0.202 e. The van der Waals surface area contributed by atoms with Crippen LogP contribution in [0.3, 0.4) is 0 Å². The lowest BCUT2D eigenvalue weighted by Gasteiger charge is -2.46. The van der Waals surface area contributed by atoms with E-state index in [4.69, 9.17) is 0 Å². The van der Waals surface area contributed by atoms with E-state index in [1.807, 2.05) is 0 Å². The highest BCUT2D eigenvalue weighted by Gasteiger charge is 2.47. The summed E-state index contributed by atoms with van der Waals surface area (Å²) in [5, 5.41) is 0. The number of alkyl halides is 24. The molecule has 0 aliphatic rings. The van der Waals surface area contributed by atoms with Crippen LogP contribution in [0.15, 0.2) is 116 Å². The molecule has 0 amide bonds. The van der Waals surface area contributed by atoms with Crippen LogP contribution < -0.4 is 26.4 Å². The molecule has 0 spiro atoms. The molecule has 0 unspecified atom stereocenters. The Kier molecular flexibility index (Phi) is 16.1. The first-order valence-electron chi connectivity index (χ1n) is 22.7. The molecule has 430 valence electrons. The second-order valence-corrected chi connectivity index (χ2v) is 18.9. The molecule has 0 saturated heterocycles. The number of benzene rings is 6. The van der Waals surface area contributed by atoms with Crippen LogP contribution in [0, 0.1) is 41.5 Å². The number of hydrogen-bond acceptors (Lipinski definition) is 0. The Balaban J connectivity index is 0.000000370. The van der Waals surface area contributed by atoms with Gasteiger partial charge in [-0.2, -0.15) is 127 Å². The van der Waals surface area contributed by atoms with Gasteiger partial charge < -0.3 is 0 Å². The van der Waals surface area contributed by atoms with Crippen LogP contribution in [0.4, 0.5) is 105 Å². The number of aryl methyl sites for hydroxylation is 6. The number of aromatic nitrogens is 2. The zero-order valence-corrected chi connectivity index (χ0v) is 41.5. The lowest BCUT2D eigenvalue weighted by molar-refractivity contribution is -0.595. The smallest absolute Gasteiger partial charge is 0.202 e. The van der Waals surface area contributed by atoms with Crippen molar-refractivity contribution in [1.29, 1.82) is 0 Å². The Morgan fingerprint density at radius 1 is 0.300 bits per heavy atom. The summed E-state index contributed by atoms with van der Waals surface area (Å²) in [7, 11) is 0. The molecule has 0 radical (unpaired) electrons. The Morgan fingerprint density at radius 3 is 0.725 bits per heavy atom. The van der Waals surface area contributed by atoms with E-state index in [2.05, 4.69) is 93.7 Å². The van der Waals surface area contributed by atoms with Gasteiger partial charge in [0.2, 0.25) is 0 Å². The molecular formula is C53H37BF24N2. The highest BCUT2D eigenvalue weighted by Crippen LogP contribution is 2.42. The maximum atomic E-state index is 14.2. The van der Waals surface area contributed by atoms with Gasteiger partial charge in [-0.25, -0.2) is 9.13 Å². The standard InChI is InChI=1S/C32H12BF24.C21H25N2/c34-25(35,36)13-1-14(26(37,38)39)6-21(5-13)33(22-7-15(27(40,41)42)2-16(8-22)28(43,44)45,23-9-17(29(46,47)48)3-18(10-23)30(49,50)51)24-11-19(31(52,53)54)4-20(12-24)32(55,56)57;1-14-9-16(3)20(17(4)10-14)22-7-8-23(13-22)21-18(5)11-15(2)12-19(21)6/h1-12H;7-13H,1-6H3/q-1;+1. The van der Waals surface area contributed by atoms with Crippen molar-refractivity contribution in [3.05, 3.63) is 194 Å². The fourth-order valence-electron chi connectivity index (χ4n) is 9.85. The molecule has 1 aromatic heterocycles. The number of nitrogens with zero attached hydrogens (tertiary/aromatic N) is 2. The van der Waals surface area contributed by atoms with Crippen LogP contribution >= 0.6 is 0 Å². The summed E-state index contributed by atoms with van der Waals surface area (Å²) < 4.78 is 345. The Hall–Kier alpha value is -7.09. The number of rotatable bonds is 6. The normalized spacial score (nSPS) is 13.4. The van der Waals surface area contributed by atoms with E-state index in [1.54, 1.807) is 0 Å². The topological polar surface area (TPSA) is 8.81 Å². The largest absolute Gasteiger partial charge is 0.416 e. The van der Waals surface area contributed by atoms with Gasteiger partial charge in [-0.15, -0.1) is 0 Å². The molecule has 0 N–H and O–H groups in total. The van der Waals surface area contributed by atoms with E-state index in [0.717, 1.165) is 0 Å². The molecule has 1 heterocycles. The monoisotopic (exact) mass is 1170 g/mol. The average Bonchev–Trinajstić information content (AvgIpc) is 3.75. The fourth-order valence-corrected chi connectivity index (χ4v) is 9.85. The molecule has 0 saturated carbocycles. The SMILES string of the molecule is Cc1cc(C)c(-n2cc[n+](-c3c(C)cc(C)cc3C)c2)c(C)c1.FC(F)(F)c1cc([B-](c2cc(C(F)(F)F)cc(C(F)(F)F)c2)(c2cc(C(F)(F)F)cc(C(F)(F)F)c2)c2cc(C(F)(F)F)cc(C(F)(F)F)c2)cc(C(F)(F)F)c1. The van der Waals surface area contributed by atoms with Gasteiger partial charge in [0.05, 0.1) is 44.5 Å². The van der Waals surface area contributed by atoms with Gasteiger partial charge in [-0.1, -0.05) is 83.9 Å². The number of halogens is 24. The van der Waals surface area contributed by atoms with Crippen LogP contribution in [-0.2, 0) is 49.4 Å². The summed E-state index contributed by atoms with van der Waals surface area (Å²) in [5.41, 5.74) is -19.8. The highest BCUT2D eigenvalue weighted by atomic mass is 19.4. The van der Waals surface area contributed by atoms with Crippen molar-refractivity contribution in [3.63, 3.8) is 0 Å². The molecule has 0 bridgehead atoms. The van der Waals surface area contributed by atoms with Crippen molar-refractivity contribution < 1.29 is 110 Å². The van der Waals surface area contributed by atoms with E-state index in [1.165, 1.54) is 44.8 Å². The van der Waals surface area contributed by atoms with E-state index in [-0.39, 0.29) is 0 Å². The maximum absolute atomic E-state index is 14.2. The lowest BCUT2D eigenvalue weighted by Crippen LogP contribution is -2.75. The Morgan fingerprint density at radius 2 is 0.512 bits per heavy atom. The van der Waals surface area contributed by atoms with Crippen molar-refractivity contribution in [2.24, 2.45) is 0 Å². The van der Waals surface area contributed by atoms with Crippen molar-refractivity contribution >= 4 is 28.0 Å². The molecule has 7 aromatic rings. The maximum Gasteiger partial charge on any atom is 0.416 e. The molecule has 27 heteroatoms. The van der Waals surface area contributed by atoms with E-state index >= 15 is 0 Å². The van der Waals surface area contributed by atoms with Crippen molar-refractivity contribution in [1.82, 2.24) is 4.57 Å². The molecule has 2 nitrogen and oxygen atoms in total. The highest BCUT2D eigenvalue weighted by molar-refractivity contribution is 7.20. The van der Waals surface area contributed by atoms with Gasteiger partial charge in [0, 0.05) is 0 Å². The predicted octanol–water partition coefficient (Wildman–Crippen LogP) is 15.8. The zero-order valence-electron chi connectivity index (χ0n) is 41.5. The minimum atomic E-state index is -6.13. The van der Waals surface area contributed by atoms with Gasteiger partial charge in [-0.3, -0.25) is 0 Å². The van der Waals surface area contributed by atoms with Crippen LogP contribution in [0.2, 0.25) is 0 Å². The number of imidazole rings is 1. The predicted molar refractivity (Wildman–Crippen MR) is 246 cm³/mol. The first-order valence-corrected chi connectivity index (χ1v) is 22.7. The van der Waals surface area contributed by atoms with Gasteiger partial charge >= 0.3 is 49.4 Å². The van der Waals surface area contributed by atoms with Crippen LogP contribution in [0.5, 0.6) is 0 Å². The molecule has 6 aromatic carbocycles. The average molecular weight is 1170 g/mol. The lowest BCUT2D eigenvalue weighted by atomic mass is 9.12. The van der Waals surface area contributed by atoms with Crippen molar-refractivity contribution in [2.75, 3.05) is 0 Å². The Bertz CT molecular complexity index is 2900. The minimum absolute atomic E-state index is 0.691. The Labute approximate surface area is 437 Å². The zero-order chi connectivity index (χ0) is 60.6. The van der Waals surface area contributed by atoms with Crippen LogP contribution in [-0.4, -0.2) is 10.7 Å². The van der Waals surface area contributed by atoms with Gasteiger partial charge in [0.15, 0.2) is 0 Å². The third-order valence-electron chi connectivity index (χ3n) is 12.9. The third kappa shape index (κ3) is 13.2. The van der Waals surface area contributed by atoms with Crippen molar-refractivity contribution in [2.45, 2.75) is 91.0 Å². The van der Waals surface area contributed by atoms with Gasteiger partial charge in [0.25, 0.3) is 6.33 Å². The fraction of sp³-hybridized carbons (Fsp3) is 0.264. The van der Waals surface area contributed by atoms with E-state index < -0.39 is 195 Å². The summed E-state index contributed by atoms with van der Waals surface area (Å²) >= 11 is 0. The quantitative estimate of drug-likeness (QED) is 0.0891. The summed E-state index contributed by atoms with van der Waals surface area (Å²) in [5.74, 6) is 0. The van der Waals surface area contributed by atoms with Gasteiger partial charge in [-0.05, 0) is 88.1 Å². The number of hydrogen-bond donors (Lipinski definition) is 0. The summed E-state index contributed by atoms with van der Waals surface area (Å²) in [6.45, 7) is 13.0. The molecule has 7 rings (SSSR count). The molecular weight excluding hydrogens is 1130 g/mol.